The third-order valence-electron chi connectivity index (χ3n) is 4.59. The second-order valence-electron chi connectivity index (χ2n) is 6.86. The number of hydrogen-bond donors (Lipinski definition) is 1. The number of carbonyl (C=O) groups excluding carboxylic acids is 1. The molecule has 4 aromatic rings. The van der Waals surface area contributed by atoms with Crippen molar-refractivity contribution in [2.24, 2.45) is 0 Å². The highest BCUT2D eigenvalue weighted by Crippen LogP contribution is 2.32. The lowest BCUT2D eigenvalue weighted by molar-refractivity contribution is -0.384. The minimum absolute atomic E-state index is 0.00987. The fourth-order valence-electron chi connectivity index (χ4n) is 3.44. The Labute approximate surface area is 175 Å². The lowest BCUT2D eigenvalue weighted by Gasteiger charge is -2.08. The number of rotatable bonds is 4. The van der Waals surface area contributed by atoms with Crippen molar-refractivity contribution in [2.45, 2.75) is 20.8 Å². The van der Waals surface area contributed by atoms with E-state index < -0.39 is 4.92 Å². The minimum Gasteiger partial charge on any atom is -0.297 e. The Balaban J connectivity index is 1.58. The van der Waals surface area contributed by atoms with E-state index in [1.807, 2.05) is 5.38 Å². The molecular formula is C21H17N3O3S2. The number of aromatic nitrogens is 1. The largest absolute Gasteiger partial charge is 0.297 e. The molecule has 2 aromatic carbocycles. The Hall–Kier alpha value is -3.10. The first kappa shape index (κ1) is 19.2. The summed E-state index contributed by atoms with van der Waals surface area (Å²) in [4.78, 5) is 28.2. The molecule has 2 heterocycles. The molecular weight excluding hydrogens is 406 g/mol. The van der Waals surface area contributed by atoms with Crippen LogP contribution in [0.1, 0.15) is 26.4 Å². The van der Waals surface area contributed by atoms with Crippen LogP contribution in [0.5, 0.6) is 0 Å². The van der Waals surface area contributed by atoms with E-state index in [4.69, 9.17) is 0 Å². The second-order valence-corrected chi connectivity index (χ2v) is 8.80. The topological polar surface area (TPSA) is 85.1 Å². The van der Waals surface area contributed by atoms with Gasteiger partial charge in [-0.25, -0.2) is 4.98 Å². The summed E-state index contributed by atoms with van der Waals surface area (Å²) in [6.07, 6.45) is 0. The second kappa shape index (κ2) is 7.38. The number of benzene rings is 2. The van der Waals surface area contributed by atoms with E-state index >= 15 is 0 Å². The number of non-ortho nitro benzene ring substituents is 1. The molecule has 0 bridgehead atoms. The van der Waals surface area contributed by atoms with E-state index in [0.717, 1.165) is 27.1 Å². The third-order valence-corrected chi connectivity index (χ3v) is 6.46. The fourth-order valence-corrected chi connectivity index (χ4v) is 5.08. The van der Waals surface area contributed by atoms with E-state index in [2.05, 4.69) is 43.2 Å². The van der Waals surface area contributed by atoms with Gasteiger partial charge < -0.3 is 0 Å². The predicted octanol–water partition coefficient (Wildman–Crippen LogP) is 6.11. The summed E-state index contributed by atoms with van der Waals surface area (Å²) in [5.41, 5.74) is 5.44. The van der Waals surface area contributed by atoms with Crippen molar-refractivity contribution in [2.75, 3.05) is 5.32 Å². The van der Waals surface area contributed by atoms with Gasteiger partial charge in [-0.2, -0.15) is 0 Å². The van der Waals surface area contributed by atoms with Gasteiger partial charge in [0.1, 0.15) is 0 Å². The van der Waals surface area contributed by atoms with Crippen LogP contribution < -0.4 is 5.32 Å². The van der Waals surface area contributed by atoms with Gasteiger partial charge in [0.25, 0.3) is 11.6 Å². The summed E-state index contributed by atoms with van der Waals surface area (Å²) in [5.74, 6) is -0.271. The maximum atomic E-state index is 12.7. The minimum atomic E-state index is -0.441. The molecule has 0 aliphatic carbocycles. The molecule has 2 aromatic heterocycles. The first-order valence-corrected chi connectivity index (χ1v) is 10.5. The van der Waals surface area contributed by atoms with Crippen molar-refractivity contribution in [3.05, 3.63) is 73.5 Å². The zero-order valence-corrected chi connectivity index (χ0v) is 17.6. The van der Waals surface area contributed by atoms with Crippen LogP contribution >= 0.6 is 22.7 Å². The van der Waals surface area contributed by atoms with E-state index in [9.17, 15) is 14.9 Å². The van der Waals surface area contributed by atoms with Gasteiger partial charge in [0.2, 0.25) is 0 Å². The lowest BCUT2D eigenvalue weighted by atomic mass is 9.98. The predicted molar refractivity (Wildman–Crippen MR) is 118 cm³/mol. The van der Waals surface area contributed by atoms with Gasteiger partial charge in [-0.05, 0) is 44.0 Å². The monoisotopic (exact) mass is 423 g/mol. The lowest BCUT2D eigenvalue weighted by Crippen LogP contribution is -2.09. The molecule has 6 nitrogen and oxygen atoms in total. The molecule has 4 rings (SSSR count). The van der Waals surface area contributed by atoms with Crippen LogP contribution in [-0.4, -0.2) is 15.8 Å². The van der Waals surface area contributed by atoms with Crippen molar-refractivity contribution in [1.82, 2.24) is 4.98 Å². The number of thiazole rings is 1. The molecule has 0 aliphatic heterocycles. The molecule has 0 fully saturated rings. The average molecular weight is 424 g/mol. The highest BCUT2D eigenvalue weighted by molar-refractivity contribution is 7.21. The van der Waals surface area contributed by atoms with Crippen molar-refractivity contribution in [1.29, 1.82) is 0 Å². The van der Waals surface area contributed by atoms with Crippen LogP contribution in [0.25, 0.3) is 21.3 Å². The van der Waals surface area contributed by atoms with Crippen LogP contribution in [0.4, 0.5) is 10.8 Å². The molecule has 1 N–H and O–H groups in total. The van der Waals surface area contributed by atoms with Crippen molar-refractivity contribution in [3.63, 3.8) is 0 Å². The fraction of sp³-hybridized carbons (Fsp3) is 0.143. The maximum absolute atomic E-state index is 12.7. The summed E-state index contributed by atoms with van der Waals surface area (Å²) in [6, 6.07) is 10.5. The molecule has 29 heavy (non-hydrogen) atoms. The molecule has 0 saturated carbocycles. The summed E-state index contributed by atoms with van der Waals surface area (Å²) >= 11 is 2.67. The first-order chi connectivity index (χ1) is 13.8. The molecule has 146 valence electrons. The van der Waals surface area contributed by atoms with E-state index in [1.165, 1.54) is 40.4 Å². The standard InChI is InChI=1S/C21H17N3O3S2/c1-11-6-12(2)19(13(3)7-11)16-10-28-21(22-16)23-20(25)18-9-14-8-15(24(26)27)4-5-17(14)29-18/h4-10H,1-3H3,(H,22,23,25). The maximum Gasteiger partial charge on any atom is 0.270 e. The van der Waals surface area contributed by atoms with E-state index in [1.54, 1.807) is 12.1 Å². The van der Waals surface area contributed by atoms with E-state index in [-0.39, 0.29) is 11.6 Å². The van der Waals surface area contributed by atoms with Crippen LogP contribution in [0.3, 0.4) is 0 Å². The van der Waals surface area contributed by atoms with Gasteiger partial charge in [-0.3, -0.25) is 20.2 Å². The summed E-state index contributed by atoms with van der Waals surface area (Å²) in [5, 5.41) is 16.9. The average Bonchev–Trinajstić information content (AvgIpc) is 3.27. The number of thiophene rings is 1. The summed E-state index contributed by atoms with van der Waals surface area (Å²) in [6.45, 7) is 6.18. The number of nitrogens with zero attached hydrogens (tertiary/aromatic N) is 2. The van der Waals surface area contributed by atoms with Crippen LogP contribution in [0.2, 0.25) is 0 Å². The highest BCUT2D eigenvalue weighted by atomic mass is 32.1. The number of anilines is 1. The number of aryl methyl sites for hydroxylation is 3. The van der Waals surface area contributed by atoms with Gasteiger partial charge >= 0.3 is 0 Å². The van der Waals surface area contributed by atoms with Crippen molar-refractivity contribution >= 4 is 49.5 Å². The van der Waals surface area contributed by atoms with Gasteiger partial charge in [-0.1, -0.05) is 17.7 Å². The molecule has 0 saturated heterocycles. The zero-order chi connectivity index (χ0) is 20.7. The van der Waals surface area contributed by atoms with Gasteiger partial charge in [-0.15, -0.1) is 22.7 Å². The Morgan fingerprint density at radius 1 is 1.10 bits per heavy atom. The van der Waals surface area contributed by atoms with Crippen molar-refractivity contribution < 1.29 is 9.72 Å². The van der Waals surface area contributed by atoms with E-state index in [0.29, 0.717) is 15.4 Å². The van der Waals surface area contributed by atoms with Crippen LogP contribution in [0.15, 0.2) is 41.8 Å². The SMILES string of the molecule is Cc1cc(C)c(-c2csc(NC(=O)c3cc4cc([N+](=O)[O-])ccc4s3)n2)c(C)c1. The number of amides is 1. The number of hydrogen-bond acceptors (Lipinski definition) is 6. The van der Waals surface area contributed by atoms with Gasteiger partial charge in [0, 0.05) is 33.2 Å². The number of nitro groups is 1. The quantitative estimate of drug-likeness (QED) is 0.317. The molecule has 0 spiro atoms. The molecule has 0 unspecified atom stereocenters. The smallest absolute Gasteiger partial charge is 0.270 e. The summed E-state index contributed by atoms with van der Waals surface area (Å²) < 4.78 is 0.825. The first-order valence-electron chi connectivity index (χ1n) is 8.85. The molecule has 0 aliphatic rings. The summed E-state index contributed by atoms with van der Waals surface area (Å²) in [7, 11) is 0. The molecule has 1 amide bonds. The molecule has 0 atom stereocenters. The molecule has 0 radical (unpaired) electrons. The third kappa shape index (κ3) is 3.76. The Morgan fingerprint density at radius 2 is 1.83 bits per heavy atom. The van der Waals surface area contributed by atoms with Crippen LogP contribution in [-0.2, 0) is 0 Å². The molecule has 8 heteroatoms. The van der Waals surface area contributed by atoms with Crippen molar-refractivity contribution in [3.8, 4) is 11.3 Å². The normalized spacial score (nSPS) is 11.0. The number of nitrogens with one attached hydrogen (secondary N) is 1. The number of fused-ring (bicyclic) bond motifs is 1. The number of carbonyl (C=O) groups is 1. The van der Waals surface area contributed by atoms with Gasteiger partial charge in [0.05, 0.1) is 15.5 Å². The zero-order valence-electron chi connectivity index (χ0n) is 16.0. The Kier molecular flexibility index (Phi) is 4.89. The Bertz CT molecular complexity index is 1250. The highest BCUT2D eigenvalue weighted by Gasteiger charge is 2.16. The Morgan fingerprint density at radius 3 is 2.52 bits per heavy atom. The number of nitro benzene ring substituents is 1. The van der Waals surface area contributed by atoms with Crippen LogP contribution in [0, 0.1) is 30.9 Å². The van der Waals surface area contributed by atoms with Gasteiger partial charge in [0.15, 0.2) is 5.13 Å².